The number of alkyl halides is 1. The van der Waals surface area contributed by atoms with Crippen LogP contribution in [0.15, 0.2) is 125 Å². The highest BCUT2D eigenvalue weighted by molar-refractivity contribution is 7.91. The Bertz CT molecular complexity index is 1890. The summed E-state index contributed by atoms with van der Waals surface area (Å²) in [5.41, 5.74) is -0.488. The Labute approximate surface area is 254 Å². The van der Waals surface area contributed by atoms with Gasteiger partial charge in [-0.05, 0) is 35.9 Å². The third-order valence-electron chi connectivity index (χ3n) is 5.76. The predicted molar refractivity (Wildman–Crippen MR) is 154 cm³/mol. The molecule has 4 rings (SSSR count). The summed E-state index contributed by atoms with van der Waals surface area (Å²) in [4.78, 5) is -1.21. The highest BCUT2D eigenvalue weighted by Crippen LogP contribution is 2.42. The van der Waals surface area contributed by atoms with Gasteiger partial charge in [0.25, 0.3) is 10.1 Å². The highest BCUT2D eigenvalue weighted by Gasteiger charge is 2.57. The Balaban J connectivity index is 1.77. The quantitative estimate of drug-likeness (QED) is 0.126. The van der Waals surface area contributed by atoms with Crippen LogP contribution in [0.5, 0.6) is 0 Å². The molecule has 12 nitrogen and oxygen atoms in total. The van der Waals surface area contributed by atoms with Gasteiger partial charge in [0, 0.05) is 12.0 Å². The minimum absolute atomic E-state index is 0.378. The summed E-state index contributed by atoms with van der Waals surface area (Å²) < 4.78 is 129. The lowest BCUT2D eigenvalue weighted by molar-refractivity contribution is -0.000967. The first-order chi connectivity index (χ1) is 20.0. The summed E-state index contributed by atoms with van der Waals surface area (Å²) in [6.45, 7) is 0. The zero-order valence-corrected chi connectivity index (χ0v) is 25.8. The lowest BCUT2D eigenvalue weighted by Gasteiger charge is -2.33. The van der Waals surface area contributed by atoms with Gasteiger partial charge in [-0.1, -0.05) is 90.5 Å². The molecule has 3 aromatic rings. The molecule has 0 amide bonds. The zero-order valence-electron chi connectivity index (χ0n) is 21.8. The first kappa shape index (κ1) is 33.0. The van der Waals surface area contributed by atoms with E-state index < -0.39 is 78.2 Å². The smallest absolute Gasteiger partial charge is 0.281 e. The van der Waals surface area contributed by atoms with E-state index in [1.54, 1.807) is 18.2 Å². The molecule has 17 heteroatoms. The summed E-state index contributed by atoms with van der Waals surface area (Å²) >= 11 is 6.35. The molecular weight excluding hydrogens is 668 g/mol. The normalized spacial score (nSPS) is 18.2. The van der Waals surface area contributed by atoms with E-state index in [1.165, 1.54) is 48.5 Å². The zero-order chi connectivity index (χ0) is 31.6. The van der Waals surface area contributed by atoms with E-state index >= 15 is 0 Å². The predicted octanol–water partition coefficient (Wildman–Crippen LogP) is 3.71. The maximum atomic E-state index is 13.2. The summed E-state index contributed by atoms with van der Waals surface area (Å²) in [5.74, 6) is -0.571. The molecule has 1 atom stereocenters. The molecule has 0 aliphatic heterocycles. The number of hydrogen-bond acceptors (Lipinski definition) is 11. The van der Waals surface area contributed by atoms with Crippen LogP contribution in [-0.2, 0) is 58.8 Å². The topological polar surface area (TPSA) is 184 Å². The molecular formula is C26H23ClO12S4. The molecule has 1 unspecified atom stereocenters. The number of rotatable bonds is 12. The summed E-state index contributed by atoms with van der Waals surface area (Å²) in [7, 11) is -20.6. The van der Waals surface area contributed by atoms with Crippen molar-refractivity contribution < 1.29 is 50.8 Å². The Morgan fingerprint density at radius 2 is 1.16 bits per heavy atom. The maximum Gasteiger partial charge on any atom is 0.355 e. The number of hydrogen-bond donors (Lipinski definition) is 1. The summed E-state index contributed by atoms with van der Waals surface area (Å²) in [6.07, 6.45) is 1.67. The fourth-order valence-electron chi connectivity index (χ4n) is 3.81. The molecule has 0 spiro atoms. The lowest BCUT2D eigenvalue weighted by Crippen LogP contribution is -2.49. The first-order valence-electron chi connectivity index (χ1n) is 12.0. The fraction of sp³-hybridized carbons (Fsp3) is 0.154. The van der Waals surface area contributed by atoms with Crippen molar-refractivity contribution in [2.45, 2.75) is 32.1 Å². The van der Waals surface area contributed by atoms with Gasteiger partial charge < -0.3 is 0 Å². The minimum Gasteiger partial charge on any atom is -0.281 e. The van der Waals surface area contributed by atoms with Crippen molar-refractivity contribution in [3.63, 3.8) is 0 Å². The molecule has 1 aliphatic rings. The average Bonchev–Trinajstić information content (AvgIpc) is 2.93. The van der Waals surface area contributed by atoms with Gasteiger partial charge in [-0.25, -0.2) is 12.5 Å². The number of halogens is 1. The standard InChI is InChI=1S/C26H23ClO12S4/c27-25(37-40(28,29)20-21-10-4-1-5-11-21)18-16-22(17-19-25)26(43(34,35)36,38-41(30,31)23-12-6-2-7-13-23)39-42(32,33)24-14-8-3-9-15-24/h1-18H,19-20H2,(H,34,35,36). The third-order valence-corrected chi connectivity index (χ3v) is 11.3. The highest BCUT2D eigenvalue weighted by atomic mass is 35.5. The van der Waals surface area contributed by atoms with Crippen LogP contribution in [0.25, 0.3) is 0 Å². The molecule has 230 valence electrons. The van der Waals surface area contributed by atoms with Gasteiger partial charge in [0.15, 0.2) is 5.06 Å². The van der Waals surface area contributed by atoms with Crippen LogP contribution >= 0.6 is 11.6 Å². The largest absolute Gasteiger partial charge is 0.355 e. The van der Waals surface area contributed by atoms with Crippen molar-refractivity contribution in [2.75, 3.05) is 0 Å². The van der Waals surface area contributed by atoms with E-state index in [-0.39, 0.29) is 0 Å². The molecule has 0 aromatic heterocycles. The van der Waals surface area contributed by atoms with Crippen LogP contribution < -0.4 is 0 Å². The van der Waals surface area contributed by atoms with Gasteiger partial charge in [0.05, 0.1) is 9.79 Å². The Hall–Kier alpha value is -2.93. The van der Waals surface area contributed by atoms with Gasteiger partial charge in [-0.3, -0.25) is 4.55 Å². The molecule has 1 N–H and O–H groups in total. The molecule has 43 heavy (non-hydrogen) atoms. The molecule has 3 aromatic carbocycles. The van der Waals surface area contributed by atoms with E-state index in [2.05, 4.69) is 0 Å². The van der Waals surface area contributed by atoms with Crippen molar-refractivity contribution in [2.24, 2.45) is 0 Å². The SMILES string of the molecule is O=S(=O)(Cc1ccccc1)OC1(Cl)C=CC(C(OS(=O)(=O)c2ccccc2)(OS(=O)(=O)c2ccccc2)S(=O)(=O)O)=CC1. The second-order valence-corrected chi connectivity index (χ2v) is 15.8. The Morgan fingerprint density at radius 1 is 0.721 bits per heavy atom. The van der Waals surface area contributed by atoms with Gasteiger partial charge in [-0.15, -0.1) is 0 Å². The molecule has 1 aliphatic carbocycles. The average molecular weight is 691 g/mol. The van der Waals surface area contributed by atoms with Crippen LogP contribution in [0.2, 0.25) is 0 Å². The van der Waals surface area contributed by atoms with Gasteiger partial charge in [-0.2, -0.15) is 33.7 Å². The van der Waals surface area contributed by atoms with Crippen molar-refractivity contribution in [3.8, 4) is 0 Å². The Morgan fingerprint density at radius 3 is 1.56 bits per heavy atom. The van der Waals surface area contributed by atoms with Crippen molar-refractivity contribution in [1.29, 1.82) is 0 Å². The van der Waals surface area contributed by atoms with Crippen LogP contribution in [0.3, 0.4) is 0 Å². The molecule has 0 bridgehead atoms. The molecule has 0 saturated carbocycles. The fourth-order valence-corrected chi connectivity index (χ4v) is 9.17. The third kappa shape index (κ3) is 7.78. The van der Waals surface area contributed by atoms with Crippen molar-refractivity contribution >= 4 is 52.1 Å². The van der Waals surface area contributed by atoms with Crippen LogP contribution in [0.1, 0.15) is 12.0 Å². The second-order valence-electron chi connectivity index (χ2n) is 8.99. The van der Waals surface area contributed by atoms with Gasteiger partial charge in [0.1, 0.15) is 5.75 Å². The summed E-state index contributed by atoms with van der Waals surface area (Å²) in [5, 5.41) is -6.09. The lowest BCUT2D eigenvalue weighted by atomic mass is 10.0. The van der Waals surface area contributed by atoms with Gasteiger partial charge >= 0.3 is 35.5 Å². The number of benzene rings is 3. The molecule has 0 radical (unpaired) electrons. The van der Waals surface area contributed by atoms with Crippen LogP contribution in [0, 0.1) is 0 Å². The van der Waals surface area contributed by atoms with Crippen LogP contribution in [-0.4, -0.2) is 48.4 Å². The molecule has 0 heterocycles. The van der Waals surface area contributed by atoms with E-state index in [0.717, 1.165) is 36.4 Å². The van der Waals surface area contributed by atoms with E-state index in [0.29, 0.717) is 11.6 Å². The first-order valence-corrected chi connectivity index (χ1v) is 18.2. The second kappa shape index (κ2) is 12.2. The Kier molecular flexibility index (Phi) is 9.37. The monoisotopic (exact) mass is 690 g/mol. The van der Waals surface area contributed by atoms with Gasteiger partial charge in [0.2, 0.25) is 0 Å². The van der Waals surface area contributed by atoms with Crippen LogP contribution in [0.4, 0.5) is 0 Å². The van der Waals surface area contributed by atoms with Crippen molar-refractivity contribution in [3.05, 3.63) is 120 Å². The molecule has 0 saturated heterocycles. The molecule has 0 fully saturated rings. The van der Waals surface area contributed by atoms with E-state index in [1.807, 2.05) is 0 Å². The summed E-state index contributed by atoms with van der Waals surface area (Å²) in [6, 6.07) is 20.1. The maximum absolute atomic E-state index is 13.2. The van der Waals surface area contributed by atoms with E-state index in [4.69, 9.17) is 24.2 Å². The van der Waals surface area contributed by atoms with E-state index in [9.17, 15) is 38.2 Å². The van der Waals surface area contributed by atoms with Crippen molar-refractivity contribution in [1.82, 2.24) is 0 Å². The minimum atomic E-state index is -5.95.